The third-order valence-corrected chi connectivity index (χ3v) is 1.64. The number of halogens is 2. The lowest BCUT2D eigenvalue weighted by Gasteiger charge is -2.07. The van der Waals surface area contributed by atoms with Crippen LogP contribution in [0.5, 0.6) is 5.75 Å². The maximum absolute atomic E-state index is 12.0. The van der Waals surface area contributed by atoms with Crippen molar-refractivity contribution in [1.29, 1.82) is 0 Å². The lowest BCUT2D eigenvalue weighted by Crippen LogP contribution is -2.02. The van der Waals surface area contributed by atoms with E-state index in [9.17, 15) is 8.78 Å². The summed E-state index contributed by atoms with van der Waals surface area (Å²) in [5.74, 6) is 6.08. The van der Waals surface area contributed by atoms with E-state index in [1.54, 1.807) is 12.1 Å². The van der Waals surface area contributed by atoms with Crippen LogP contribution in [0.2, 0.25) is 0 Å². The Morgan fingerprint density at radius 1 is 1.25 bits per heavy atom. The fourth-order valence-corrected chi connectivity index (χ4v) is 1.01. The van der Waals surface area contributed by atoms with Gasteiger partial charge in [0.15, 0.2) is 0 Å². The number of hydrogen-bond donors (Lipinski definition) is 0. The zero-order valence-electron chi connectivity index (χ0n) is 9.55. The van der Waals surface area contributed by atoms with Crippen molar-refractivity contribution in [1.82, 2.24) is 0 Å². The minimum atomic E-state index is -2.80. The zero-order chi connectivity index (χ0) is 12.2. The monoisotopic (exact) mass is 224 g/mol. The largest absolute Gasteiger partial charge is 0.435 e. The molecule has 0 saturated carbocycles. The van der Waals surface area contributed by atoms with Gasteiger partial charge in [-0.25, -0.2) is 0 Å². The van der Waals surface area contributed by atoms with Gasteiger partial charge in [-0.3, -0.25) is 0 Å². The molecule has 0 unspecified atom stereocenters. The van der Waals surface area contributed by atoms with Gasteiger partial charge in [0.2, 0.25) is 0 Å². The van der Waals surface area contributed by atoms with Gasteiger partial charge in [0, 0.05) is 11.0 Å². The van der Waals surface area contributed by atoms with Crippen molar-refractivity contribution in [3.05, 3.63) is 29.8 Å². The molecule has 1 rings (SSSR count). The second-order valence-corrected chi connectivity index (χ2v) is 4.41. The fourth-order valence-electron chi connectivity index (χ4n) is 1.01. The van der Waals surface area contributed by atoms with Crippen molar-refractivity contribution >= 4 is 0 Å². The molecule has 0 radical (unpaired) electrons. The van der Waals surface area contributed by atoms with E-state index in [0.717, 1.165) is 0 Å². The van der Waals surface area contributed by atoms with Gasteiger partial charge < -0.3 is 4.74 Å². The van der Waals surface area contributed by atoms with Crippen LogP contribution in [-0.4, -0.2) is 6.61 Å². The van der Waals surface area contributed by atoms with Gasteiger partial charge in [0.1, 0.15) is 5.75 Å². The van der Waals surface area contributed by atoms with E-state index in [4.69, 9.17) is 0 Å². The average molecular weight is 224 g/mol. The lowest BCUT2D eigenvalue weighted by molar-refractivity contribution is -0.0498. The van der Waals surface area contributed by atoms with Crippen LogP contribution < -0.4 is 4.74 Å². The van der Waals surface area contributed by atoms with Crippen molar-refractivity contribution in [2.24, 2.45) is 5.41 Å². The molecule has 0 spiro atoms. The first kappa shape index (κ1) is 12.5. The molecule has 86 valence electrons. The molecule has 0 aliphatic carbocycles. The highest BCUT2D eigenvalue weighted by Crippen LogP contribution is 2.16. The molecule has 0 amide bonds. The highest BCUT2D eigenvalue weighted by atomic mass is 19.3. The molecule has 0 atom stereocenters. The quantitative estimate of drug-likeness (QED) is 0.696. The summed E-state index contributed by atoms with van der Waals surface area (Å²) in [5.41, 5.74) is 0.563. The Kier molecular flexibility index (Phi) is 3.89. The van der Waals surface area contributed by atoms with Crippen LogP contribution in [0.4, 0.5) is 8.78 Å². The summed E-state index contributed by atoms with van der Waals surface area (Å²) in [7, 11) is 0. The molecule has 1 nitrogen and oxygen atoms in total. The summed E-state index contributed by atoms with van der Waals surface area (Å²) in [6, 6.07) is 6.39. The molecule has 1 aromatic rings. The Bertz CT molecular complexity index is 408. The molecule has 16 heavy (non-hydrogen) atoms. The molecule has 3 heteroatoms. The first-order valence-corrected chi connectivity index (χ1v) is 4.95. The van der Waals surface area contributed by atoms with Crippen molar-refractivity contribution in [2.45, 2.75) is 27.4 Å². The maximum Gasteiger partial charge on any atom is 0.387 e. The average Bonchev–Trinajstić information content (AvgIpc) is 2.13. The van der Waals surface area contributed by atoms with Crippen LogP contribution in [0, 0.1) is 17.3 Å². The summed E-state index contributed by atoms with van der Waals surface area (Å²) < 4.78 is 28.2. The Labute approximate surface area is 94.4 Å². The second-order valence-electron chi connectivity index (χ2n) is 4.41. The van der Waals surface area contributed by atoms with Crippen LogP contribution in [-0.2, 0) is 0 Å². The number of ether oxygens (including phenoxy) is 1. The van der Waals surface area contributed by atoms with Gasteiger partial charge in [0.25, 0.3) is 0 Å². The molecule has 0 aliphatic heterocycles. The Balaban J connectivity index is 2.85. The number of hydrogen-bond acceptors (Lipinski definition) is 1. The lowest BCUT2D eigenvalue weighted by atomic mass is 9.97. The maximum atomic E-state index is 12.0. The van der Waals surface area contributed by atoms with Crippen LogP contribution in [0.1, 0.15) is 26.3 Å². The van der Waals surface area contributed by atoms with E-state index < -0.39 is 6.61 Å². The van der Waals surface area contributed by atoms with E-state index in [0.29, 0.717) is 5.56 Å². The highest BCUT2D eigenvalue weighted by Gasteiger charge is 2.05. The van der Waals surface area contributed by atoms with Crippen molar-refractivity contribution < 1.29 is 13.5 Å². The first-order chi connectivity index (χ1) is 7.37. The second kappa shape index (κ2) is 4.98. The Morgan fingerprint density at radius 3 is 2.50 bits per heavy atom. The third kappa shape index (κ3) is 4.79. The third-order valence-electron chi connectivity index (χ3n) is 1.64. The van der Waals surface area contributed by atoms with Crippen molar-refractivity contribution in [2.75, 3.05) is 0 Å². The summed E-state index contributed by atoms with van der Waals surface area (Å²) in [6.45, 7) is 3.16. The fraction of sp³-hybridized carbons (Fsp3) is 0.385. The Hall–Kier alpha value is -1.56. The molecule has 0 bridgehead atoms. The Morgan fingerprint density at radius 2 is 1.94 bits per heavy atom. The number of benzene rings is 1. The van der Waals surface area contributed by atoms with Gasteiger partial charge in [-0.2, -0.15) is 8.78 Å². The van der Waals surface area contributed by atoms with Gasteiger partial charge >= 0.3 is 6.61 Å². The number of rotatable bonds is 2. The van der Waals surface area contributed by atoms with E-state index in [1.165, 1.54) is 12.1 Å². The van der Waals surface area contributed by atoms with Gasteiger partial charge in [-0.05, 0) is 39.0 Å². The van der Waals surface area contributed by atoms with Crippen LogP contribution in [0.25, 0.3) is 0 Å². The zero-order valence-corrected chi connectivity index (χ0v) is 9.55. The van der Waals surface area contributed by atoms with Gasteiger partial charge in [-0.1, -0.05) is 17.9 Å². The molecule has 0 fully saturated rings. The molecule has 0 saturated heterocycles. The molecular weight excluding hydrogens is 210 g/mol. The van der Waals surface area contributed by atoms with Gasteiger partial charge in [0.05, 0.1) is 0 Å². The SMILES string of the molecule is CC(C)(C)C#Cc1cccc(OC(F)F)c1. The molecular formula is C13H14F2O. The molecule has 0 heterocycles. The van der Waals surface area contributed by atoms with Crippen molar-refractivity contribution in [3.8, 4) is 17.6 Å². The molecule has 0 aliphatic rings. The van der Waals surface area contributed by atoms with E-state index in [1.807, 2.05) is 20.8 Å². The molecule has 1 aromatic carbocycles. The van der Waals surface area contributed by atoms with Crippen LogP contribution in [0.3, 0.4) is 0 Å². The summed E-state index contributed by atoms with van der Waals surface area (Å²) in [6.07, 6.45) is 0. The standard InChI is InChI=1S/C13H14F2O/c1-13(2,3)8-7-10-5-4-6-11(9-10)16-12(14)15/h4-6,9,12H,1-3H3. The molecule has 0 aromatic heterocycles. The summed E-state index contributed by atoms with van der Waals surface area (Å²) in [5, 5.41) is 0. The first-order valence-electron chi connectivity index (χ1n) is 4.95. The van der Waals surface area contributed by atoms with Crippen LogP contribution >= 0.6 is 0 Å². The predicted octanol–water partition coefficient (Wildman–Crippen LogP) is 3.69. The minimum Gasteiger partial charge on any atom is -0.435 e. The summed E-state index contributed by atoms with van der Waals surface area (Å²) in [4.78, 5) is 0. The predicted molar refractivity (Wildman–Crippen MR) is 59.4 cm³/mol. The van der Waals surface area contributed by atoms with E-state index in [2.05, 4.69) is 16.6 Å². The number of alkyl halides is 2. The highest BCUT2D eigenvalue weighted by molar-refractivity contribution is 5.40. The normalized spacial score (nSPS) is 10.9. The summed E-state index contributed by atoms with van der Waals surface area (Å²) >= 11 is 0. The van der Waals surface area contributed by atoms with E-state index in [-0.39, 0.29) is 11.2 Å². The topological polar surface area (TPSA) is 9.23 Å². The van der Waals surface area contributed by atoms with Crippen molar-refractivity contribution in [3.63, 3.8) is 0 Å². The van der Waals surface area contributed by atoms with E-state index >= 15 is 0 Å². The smallest absolute Gasteiger partial charge is 0.387 e. The van der Waals surface area contributed by atoms with Crippen LogP contribution in [0.15, 0.2) is 24.3 Å². The molecule has 0 N–H and O–H groups in total. The van der Waals surface area contributed by atoms with Gasteiger partial charge in [-0.15, -0.1) is 0 Å². The minimum absolute atomic E-state index is 0.112.